The van der Waals surface area contributed by atoms with Gasteiger partial charge < -0.3 is 74.5 Å². The number of alkyl halides is 8. The van der Waals surface area contributed by atoms with E-state index < -0.39 is 0 Å². The van der Waals surface area contributed by atoms with Crippen LogP contribution in [0.15, 0.2) is 146 Å². The molecule has 16 rings (SSSR count). The quantitative estimate of drug-likeness (QED) is 0.0526. The van der Waals surface area contributed by atoms with E-state index in [1.54, 1.807) is 0 Å². The van der Waals surface area contributed by atoms with Crippen molar-refractivity contribution in [2.75, 3.05) is 0 Å². The molecule has 16 nitrogen and oxygen atoms in total. The van der Waals surface area contributed by atoms with E-state index in [1.165, 1.54) is 0 Å². The first-order chi connectivity index (χ1) is 62.8. The highest BCUT2D eigenvalue weighted by Gasteiger charge is 2.60. The van der Waals surface area contributed by atoms with Gasteiger partial charge >= 0.3 is 56.9 Å². The minimum Gasteiger partial charge on any atom is -0.399 e. The van der Waals surface area contributed by atoms with Crippen LogP contribution in [0.1, 0.15) is 266 Å². The van der Waals surface area contributed by atoms with E-state index in [0.29, 0.717) is 0 Å². The average Bonchev–Trinajstić information content (AvgIpc) is 1.59. The van der Waals surface area contributed by atoms with Gasteiger partial charge in [-0.25, -0.2) is 0 Å². The van der Waals surface area contributed by atoms with Gasteiger partial charge in [0.1, 0.15) is 0 Å². The van der Waals surface area contributed by atoms with Gasteiger partial charge in [0.05, 0.1) is 89.6 Å². The van der Waals surface area contributed by atoms with Gasteiger partial charge in [-0.1, -0.05) is 273 Å². The van der Waals surface area contributed by atoms with Crippen molar-refractivity contribution in [2.24, 2.45) is 0 Å². The van der Waals surface area contributed by atoms with Crippen LogP contribution in [0.4, 0.5) is 0 Å². The summed E-state index contributed by atoms with van der Waals surface area (Å²) in [6, 6.07) is 52.0. The molecule has 0 bridgehead atoms. The van der Waals surface area contributed by atoms with E-state index in [2.05, 4.69) is 495 Å². The van der Waals surface area contributed by atoms with Crippen molar-refractivity contribution >= 4 is 228 Å². The molecular formula is C104H136B8Br8O16. The molecule has 0 atom stereocenters. The first-order valence-electron chi connectivity index (χ1n) is 47.2. The van der Waals surface area contributed by atoms with Gasteiger partial charge in [-0.15, -0.1) is 0 Å². The molecule has 0 aromatic heterocycles. The molecule has 0 amide bonds. The third-order valence-electron chi connectivity index (χ3n) is 31.7. The Kier molecular flexibility index (Phi) is 33.1. The summed E-state index contributed by atoms with van der Waals surface area (Å²) < 4.78 is 101. The largest absolute Gasteiger partial charge is 0.495 e. The molecule has 136 heavy (non-hydrogen) atoms. The summed E-state index contributed by atoms with van der Waals surface area (Å²) in [6.07, 6.45) is 0. The average molecular weight is 2370 g/mol. The number of hydrogen-bond acceptors (Lipinski definition) is 16. The van der Waals surface area contributed by atoms with E-state index in [1.807, 2.05) is 0 Å². The highest BCUT2D eigenvalue weighted by molar-refractivity contribution is 9.09. The minimum atomic E-state index is -0.379. The lowest BCUT2D eigenvalue weighted by Crippen LogP contribution is -2.41. The Morgan fingerprint density at radius 2 is 0.213 bits per heavy atom. The minimum absolute atomic E-state index is 0.367. The first-order valence-corrected chi connectivity index (χ1v) is 56.2. The summed E-state index contributed by atoms with van der Waals surface area (Å²) in [7, 11) is -3.03. The lowest BCUT2D eigenvalue weighted by Gasteiger charge is -2.32. The Morgan fingerprint density at radius 3 is 0.279 bits per heavy atom. The molecule has 0 radical (unpaired) electrons. The molecule has 8 aromatic carbocycles. The van der Waals surface area contributed by atoms with Gasteiger partial charge in [0.15, 0.2) is 0 Å². The lowest BCUT2D eigenvalue weighted by molar-refractivity contribution is 0.00578. The van der Waals surface area contributed by atoms with E-state index in [-0.39, 0.29) is 147 Å². The van der Waals surface area contributed by atoms with Crippen LogP contribution in [0.25, 0.3) is 44.5 Å². The summed E-state index contributed by atoms with van der Waals surface area (Å²) in [4.78, 5) is 0. The maximum absolute atomic E-state index is 6.30. The van der Waals surface area contributed by atoms with Crippen molar-refractivity contribution in [1.29, 1.82) is 0 Å². The van der Waals surface area contributed by atoms with Crippen LogP contribution in [0, 0.1) is 0 Å². The fourth-order valence-electron chi connectivity index (χ4n) is 16.8. The Bertz CT molecular complexity index is 4550. The molecule has 8 aliphatic heterocycles. The zero-order chi connectivity index (χ0) is 100. The molecule has 8 aromatic rings. The SMILES string of the molecule is CC1(C)OB(c2ccc(-c3ccc(B4OC(C)(C)C(C)(C)O4)c(CBr)c3)cc2CBr)OC1(C)C.CC1(C)OB(c2ccc(-c3ccc(B4OC(C)(C)C(C)(C)O4)c(CBr)c3)cc2CBr)OC1(C)C.CC1(C)OB(c2ccc(-c3ccc(B4OC(C)(C)C(C)(C)O4)c(CBr)c3)cc2CBr)OC1(C)C.CC1(C)OB(c2ccc(-c3ccc(B4OC(C)(C)C(C)(C)O4)c(CBr)c3)cc2CBr)OC1(C)C. The van der Waals surface area contributed by atoms with Gasteiger partial charge in [-0.05, 0) is 354 Å². The van der Waals surface area contributed by atoms with Crippen LogP contribution in [0.3, 0.4) is 0 Å². The smallest absolute Gasteiger partial charge is 0.399 e. The molecule has 0 aliphatic carbocycles. The standard InChI is InChI=1S/4C26H34B2Br2O4/c4*1-23(2)24(3,4)32-27(31-23)21-11-9-17(13-19(21)15-29)18-10-12-22(20(14-18)16-30)28-33-25(5,6)26(7,8)34-28/h4*9-14H,15-16H2,1-8H3. The molecule has 0 spiro atoms. The second kappa shape index (κ2) is 40.6. The van der Waals surface area contributed by atoms with Crippen molar-refractivity contribution in [3.05, 3.63) is 190 Å². The van der Waals surface area contributed by atoms with Crippen molar-refractivity contribution in [3.8, 4) is 44.5 Å². The zero-order valence-corrected chi connectivity index (χ0v) is 98.4. The highest BCUT2D eigenvalue weighted by atomic mass is 79.9. The summed E-state index contributed by atoms with van der Waals surface area (Å²) in [6.45, 7) is 66.6. The van der Waals surface area contributed by atoms with Crippen molar-refractivity contribution in [3.63, 3.8) is 0 Å². The third-order valence-corrected chi connectivity index (χ3v) is 36.5. The maximum atomic E-state index is 6.30. The summed E-state index contributed by atoms with van der Waals surface area (Å²) in [5, 5.41) is 5.76. The molecule has 8 heterocycles. The Balaban J connectivity index is 0.000000153. The first kappa shape index (κ1) is 111. The van der Waals surface area contributed by atoms with Crippen LogP contribution in [-0.2, 0) is 117 Å². The predicted molar refractivity (Wildman–Crippen MR) is 594 cm³/mol. The summed E-state index contributed by atoms with van der Waals surface area (Å²) in [5.74, 6) is 0. The fourth-order valence-corrected chi connectivity index (χ4v) is 20.7. The number of rotatable bonds is 20. The molecular weight excluding hydrogens is 2230 g/mol. The van der Waals surface area contributed by atoms with Crippen molar-refractivity contribution in [2.45, 2.75) is 354 Å². The summed E-state index contributed by atoms with van der Waals surface area (Å²) >= 11 is 29.4. The van der Waals surface area contributed by atoms with Gasteiger partial charge in [0.2, 0.25) is 0 Å². The molecule has 32 heteroatoms. The lowest BCUT2D eigenvalue weighted by atomic mass is 9.74. The molecule has 8 saturated heterocycles. The molecule has 0 unspecified atom stereocenters. The molecule has 8 fully saturated rings. The summed E-state index contributed by atoms with van der Waals surface area (Å²) in [5.41, 5.74) is 21.1. The Labute approximate surface area is 882 Å². The maximum Gasteiger partial charge on any atom is 0.495 e. The third kappa shape index (κ3) is 22.2. The Hall–Kier alpha value is -2.52. The number of benzene rings is 8. The zero-order valence-electron chi connectivity index (χ0n) is 85.7. The van der Waals surface area contributed by atoms with Crippen LogP contribution < -0.4 is 43.7 Å². The van der Waals surface area contributed by atoms with Gasteiger partial charge in [0.25, 0.3) is 0 Å². The second-order valence-electron chi connectivity index (χ2n) is 45.1. The van der Waals surface area contributed by atoms with Gasteiger partial charge in [-0.2, -0.15) is 0 Å². The molecule has 728 valence electrons. The van der Waals surface area contributed by atoms with Crippen LogP contribution in [0.5, 0.6) is 0 Å². The second-order valence-corrected chi connectivity index (χ2v) is 49.6. The van der Waals surface area contributed by atoms with Crippen molar-refractivity contribution in [1.82, 2.24) is 0 Å². The predicted octanol–water partition coefficient (Wildman–Crippen LogP) is 23.0. The van der Waals surface area contributed by atoms with Crippen LogP contribution in [-0.4, -0.2) is 147 Å². The van der Waals surface area contributed by atoms with Gasteiger partial charge in [-0.3, -0.25) is 0 Å². The van der Waals surface area contributed by atoms with Crippen molar-refractivity contribution < 1.29 is 74.5 Å². The van der Waals surface area contributed by atoms with E-state index in [9.17, 15) is 0 Å². The van der Waals surface area contributed by atoms with Crippen LogP contribution in [0.2, 0.25) is 0 Å². The monoisotopic (exact) mass is 2360 g/mol. The van der Waals surface area contributed by atoms with E-state index >= 15 is 0 Å². The molecule has 0 N–H and O–H groups in total. The topological polar surface area (TPSA) is 148 Å². The number of halogens is 8. The van der Waals surface area contributed by atoms with E-state index in [4.69, 9.17) is 74.5 Å². The molecule has 0 saturated carbocycles. The Morgan fingerprint density at radius 1 is 0.140 bits per heavy atom. The fraction of sp³-hybridized carbons (Fsp3) is 0.538. The highest BCUT2D eigenvalue weighted by Crippen LogP contribution is 2.47. The van der Waals surface area contributed by atoms with E-state index in [0.717, 1.165) is 175 Å². The van der Waals surface area contributed by atoms with Gasteiger partial charge in [0, 0.05) is 42.6 Å². The van der Waals surface area contributed by atoms with Crippen LogP contribution >= 0.6 is 127 Å². The normalized spacial score (nSPS) is 22.4. The number of hydrogen-bond donors (Lipinski definition) is 0. The molecule has 8 aliphatic rings.